The summed E-state index contributed by atoms with van der Waals surface area (Å²) < 4.78 is 69.5. The Kier molecular flexibility index (Phi) is 5.69. The summed E-state index contributed by atoms with van der Waals surface area (Å²) in [6.45, 7) is 3.98. The second kappa shape index (κ2) is 8.51. The Morgan fingerprint density at radius 3 is 2.42 bits per heavy atom. The minimum Gasteiger partial charge on any atom is -0.332 e. The average molecular weight is 579 g/mol. The second-order valence-corrected chi connectivity index (χ2v) is 12.3. The van der Waals surface area contributed by atoms with Gasteiger partial charge in [0, 0.05) is 29.6 Å². The molecular formula is C27H23F5N4O3S. The first kappa shape index (κ1) is 26.7. The fourth-order valence-corrected chi connectivity index (χ4v) is 7.03. The van der Waals surface area contributed by atoms with Crippen molar-refractivity contribution < 1.29 is 36.3 Å². The first-order valence-electron chi connectivity index (χ1n) is 12.6. The number of piperidine rings is 1. The van der Waals surface area contributed by atoms with Crippen LogP contribution in [0.15, 0.2) is 24.4 Å². The number of carbonyl (C=O) groups excluding carboxylic acids is 3. The summed E-state index contributed by atoms with van der Waals surface area (Å²) in [5, 5.41) is 0. The number of carbonyl (C=O) groups is 3. The van der Waals surface area contributed by atoms with Crippen LogP contribution >= 0.6 is 11.3 Å². The van der Waals surface area contributed by atoms with Crippen molar-refractivity contribution >= 4 is 39.3 Å². The molecule has 1 saturated carbocycles. The van der Waals surface area contributed by atoms with Crippen LogP contribution in [0.3, 0.4) is 0 Å². The normalized spacial score (nSPS) is 23.3. The highest BCUT2D eigenvalue weighted by Crippen LogP contribution is 2.63. The summed E-state index contributed by atoms with van der Waals surface area (Å²) in [5.74, 6) is -5.13. The van der Waals surface area contributed by atoms with Crippen molar-refractivity contribution in [3.8, 4) is 11.3 Å². The minimum absolute atomic E-state index is 0.00902. The summed E-state index contributed by atoms with van der Waals surface area (Å²) in [5.41, 5.74) is -1.56. The van der Waals surface area contributed by atoms with Gasteiger partial charge in [0.2, 0.25) is 11.8 Å². The molecule has 3 fully saturated rings. The number of rotatable bonds is 4. The molecule has 210 valence electrons. The molecule has 13 heteroatoms. The summed E-state index contributed by atoms with van der Waals surface area (Å²) in [6, 6.07) is 3.80. The lowest BCUT2D eigenvalue weighted by molar-refractivity contribution is -0.144. The van der Waals surface area contributed by atoms with E-state index in [0.29, 0.717) is 15.1 Å². The van der Waals surface area contributed by atoms with E-state index in [1.807, 2.05) is 13.8 Å². The number of aryl methyl sites for hydroxylation is 1. The number of halogens is 5. The van der Waals surface area contributed by atoms with Crippen molar-refractivity contribution in [3.05, 3.63) is 46.1 Å². The molecule has 3 amide bonds. The van der Waals surface area contributed by atoms with Gasteiger partial charge in [-0.3, -0.25) is 24.3 Å². The maximum atomic E-state index is 13.9. The molecule has 0 bridgehead atoms. The predicted octanol–water partition coefficient (Wildman–Crippen LogP) is 5.31. The third-order valence-electron chi connectivity index (χ3n) is 8.10. The molecule has 3 aliphatic rings. The molecule has 0 aromatic carbocycles. The van der Waals surface area contributed by atoms with Gasteiger partial charge in [-0.2, -0.15) is 13.2 Å². The lowest BCUT2D eigenvalue weighted by Gasteiger charge is -2.21. The molecule has 5 heterocycles. The van der Waals surface area contributed by atoms with Gasteiger partial charge in [0.1, 0.15) is 5.69 Å². The van der Waals surface area contributed by atoms with Crippen LogP contribution in [0.5, 0.6) is 0 Å². The standard InChI is InChI=1S/C27H23F5N4O3S/c1-12-8-16(27(30,31)32)34-20(17(12)22(37)35-7-5-26(28,29)11-35)14-4-6-33-15-9-13(40-21(14)15)10-36-23(38)18-19(24(36)39)25(18,2)3/h4,6,8-9,18-19H,5,7,10-11H2,1-3H3. The van der Waals surface area contributed by atoms with E-state index in [9.17, 15) is 36.3 Å². The van der Waals surface area contributed by atoms with Gasteiger partial charge in [0.25, 0.3) is 11.8 Å². The lowest BCUT2D eigenvalue weighted by Crippen LogP contribution is -2.35. The maximum Gasteiger partial charge on any atom is 0.433 e. The SMILES string of the molecule is Cc1cc(C(F)(F)F)nc(-c2ccnc3cc(CN4C(=O)C5C(C4=O)C5(C)C)sc23)c1C(=O)N1CCC(F)(F)C1. The molecule has 0 spiro atoms. The first-order chi connectivity index (χ1) is 18.6. The Balaban J connectivity index is 1.43. The van der Waals surface area contributed by atoms with Crippen molar-refractivity contribution in [2.75, 3.05) is 13.1 Å². The fourth-order valence-electron chi connectivity index (χ4n) is 5.92. The molecule has 2 unspecified atom stereocenters. The molecular weight excluding hydrogens is 555 g/mol. The quantitative estimate of drug-likeness (QED) is 0.310. The zero-order valence-electron chi connectivity index (χ0n) is 21.6. The van der Waals surface area contributed by atoms with E-state index < -0.39 is 36.7 Å². The number of amides is 3. The van der Waals surface area contributed by atoms with Crippen molar-refractivity contribution in [3.63, 3.8) is 0 Å². The van der Waals surface area contributed by atoms with Gasteiger partial charge in [0.15, 0.2) is 0 Å². The summed E-state index contributed by atoms with van der Waals surface area (Å²) in [7, 11) is 0. The summed E-state index contributed by atoms with van der Waals surface area (Å²) in [6.07, 6.45) is -4.00. The van der Waals surface area contributed by atoms with Gasteiger partial charge < -0.3 is 4.90 Å². The van der Waals surface area contributed by atoms with E-state index in [-0.39, 0.29) is 64.5 Å². The van der Waals surface area contributed by atoms with Crippen molar-refractivity contribution in [1.82, 2.24) is 19.8 Å². The number of pyridine rings is 2. The topological polar surface area (TPSA) is 83.5 Å². The summed E-state index contributed by atoms with van der Waals surface area (Å²) >= 11 is 1.12. The van der Waals surface area contributed by atoms with Crippen LogP contribution in [0.1, 0.15) is 46.8 Å². The Morgan fingerprint density at radius 1 is 1.15 bits per heavy atom. The molecule has 1 aliphatic carbocycles. The van der Waals surface area contributed by atoms with E-state index >= 15 is 0 Å². The molecule has 0 radical (unpaired) electrons. The van der Waals surface area contributed by atoms with Crippen LogP contribution in [0.25, 0.3) is 21.5 Å². The van der Waals surface area contributed by atoms with Gasteiger partial charge in [0.05, 0.1) is 46.4 Å². The number of likely N-dealkylation sites (tertiary alicyclic amines) is 2. The number of fused-ring (bicyclic) bond motifs is 2. The minimum atomic E-state index is -4.82. The van der Waals surface area contributed by atoms with Crippen LogP contribution in [0.4, 0.5) is 22.0 Å². The van der Waals surface area contributed by atoms with Gasteiger partial charge in [-0.25, -0.2) is 13.8 Å². The predicted molar refractivity (Wildman–Crippen MR) is 134 cm³/mol. The van der Waals surface area contributed by atoms with Crippen molar-refractivity contribution in [2.24, 2.45) is 17.3 Å². The third-order valence-corrected chi connectivity index (χ3v) is 9.24. The molecule has 3 aromatic rings. The number of imide groups is 1. The number of thiophene rings is 1. The average Bonchev–Trinajstić information content (AvgIpc) is 3.19. The molecule has 0 N–H and O–H groups in total. The number of hydrogen-bond acceptors (Lipinski definition) is 6. The Labute approximate surface area is 229 Å². The Bertz CT molecular complexity index is 1590. The molecule has 2 saturated heterocycles. The van der Waals surface area contributed by atoms with Crippen molar-refractivity contribution in [1.29, 1.82) is 0 Å². The molecule has 6 rings (SSSR count). The highest BCUT2D eigenvalue weighted by atomic mass is 32.1. The van der Waals surface area contributed by atoms with Gasteiger partial charge >= 0.3 is 6.18 Å². The van der Waals surface area contributed by atoms with Gasteiger partial charge in [-0.05, 0) is 36.1 Å². The van der Waals surface area contributed by atoms with Crippen LogP contribution in [0, 0.1) is 24.2 Å². The highest BCUT2D eigenvalue weighted by Gasteiger charge is 2.72. The maximum absolute atomic E-state index is 13.9. The van der Waals surface area contributed by atoms with E-state index in [1.54, 1.807) is 6.07 Å². The number of hydrogen-bond donors (Lipinski definition) is 0. The molecule has 2 atom stereocenters. The fraction of sp³-hybridized carbons (Fsp3) is 0.444. The largest absolute Gasteiger partial charge is 0.433 e. The van der Waals surface area contributed by atoms with E-state index in [4.69, 9.17) is 0 Å². The van der Waals surface area contributed by atoms with E-state index in [0.717, 1.165) is 22.3 Å². The van der Waals surface area contributed by atoms with Crippen LogP contribution in [-0.2, 0) is 22.3 Å². The highest BCUT2D eigenvalue weighted by molar-refractivity contribution is 7.19. The van der Waals surface area contributed by atoms with E-state index in [2.05, 4.69) is 9.97 Å². The van der Waals surface area contributed by atoms with E-state index in [1.165, 1.54) is 24.1 Å². The van der Waals surface area contributed by atoms with Crippen LogP contribution < -0.4 is 0 Å². The van der Waals surface area contributed by atoms with Crippen molar-refractivity contribution in [2.45, 2.75) is 45.8 Å². The number of aromatic nitrogens is 2. The Hall–Kier alpha value is -3.48. The van der Waals surface area contributed by atoms with Gasteiger partial charge in [-0.15, -0.1) is 11.3 Å². The van der Waals surface area contributed by atoms with Crippen LogP contribution in [0.2, 0.25) is 0 Å². The zero-order chi connectivity index (χ0) is 28.9. The Morgan fingerprint density at radius 2 is 1.82 bits per heavy atom. The summed E-state index contributed by atoms with van der Waals surface area (Å²) in [4.78, 5) is 49.9. The second-order valence-electron chi connectivity index (χ2n) is 11.2. The number of nitrogens with zero attached hydrogens (tertiary/aromatic N) is 4. The van der Waals surface area contributed by atoms with Gasteiger partial charge in [-0.1, -0.05) is 13.8 Å². The van der Waals surface area contributed by atoms with Crippen LogP contribution in [-0.4, -0.2) is 56.5 Å². The molecule has 3 aromatic heterocycles. The lowest BCUT2D eigenvalue weighted by atomic mass is 9.99. The molecule has 40 heavy (non-hydrogen) atoms. The number of alkyl halides is 5. The molecule has 7 nitrogen and oxygen atoms in total. The monoisotopic (exact) mass is 578 g/mol. The smallest absolute Gasteiger partial charge is 0.332 e. The third kappa shape index (κ3) is 4.08. The molecule has 2 aliphatic heterocycles. The zero-order valence-corrected chi connectivity index (χ0v) is 22.4. The first-order valence-corrected chi connectivity index (χ1v) is 13.4.